The average Bonchev–Trinajstić information content (AvgIpc) is 2.80. The number of hydrogen-bond donors (Lipinski definition) is 3. The molecule has 1 aliphatic heterocycles. The number of carboxylic acids is 1. The Morgan fingerprint density at radius 2 is 1.92 bits per heavy atom. The molecular formula is C15H19N3O5S. The maximum atomic E-state index is 11.9. The fourth-order valence-corrected chi connectivity index (χ4v) is 3.53. The third-order valence-corrected chi connectivity index (χ3v) is 4.83. The van der Waals surface area contributed by atoms with Gasteiger partial charge in [-0.15, -0.1) is 0 Å². The molecule has 24 heavy (non-hydrogen) atoms. The van der Waals surface area contributed by atoms with Crippen LogP contribution >= 0.6 is 0 Å². The monoisotopic (exact) mass is 353 g/mol. The minimum atomic E-state index is -3.51. The van der Waals surface area contributed by atoms with Gasteiger partial charge in [0.25, 0.3) is 10.0 Å². The summed E-state index contributed by atoms with van der Waals surface area (Å²) in [5.74, 6) is -1.01. The lowest BCUT2D eigenvalue weighted by Gasteiger charge is -2.02. The van der Waals surface area contributed by atoms with Crippen LogP contribution < -0.4 is 10.0 Å². The molecule has 1 amide bonds. The Labute approximate surface area is 140 Å². The van der Waals surface area contributed by atoms with Crippen molar-refractivity contribution >= 4 is 27.7 Å². The lowest BCUT2D eigenvalue weighted by Crippen LogP contribution is -2.28. The number of amides is 1. The fourth-order valence-electron chi connectivity index (χ4n) is 2.28. The number of carbonyl (C=O) groups is 2. The van der Waals surface area contributed by atoms with Gasteiger partial charge in [-0.25, -0.2) is 8.42 Å². The first kappa shape index (κ1) is 17.9. The number of fused-ring (bicyclic) bond motifs is 1. The summed E-state index contributed by atoms with van der Waals surface area (Å²) in [6.07, 6.45) is 2.34. The molecule has 0 saturated heterocycles. The van der Waals surface area contributed by atoms with Gasteiger partial charge in [-0.2, -0.15) is 0 Å². The number of nitrogens with zero attached hydrogens (tertiary/aromatic N) is 1. The highest BCUT2D eigenvalue weighted by Crippen LogP contribution is 2.22. The van der Waals surface area contributed by atoms with Gasteiger partial charge in [0, 0.05) is 18.5 Å². The van der Waals surface area contributed by atoms with Gasteiger partial charge in [0.2, 0.25) is 5.91 Å². The zero-order chi connectivity index (χ0) is 17.6. The van der Waals surface area contributed by atoms with Crippen LogP contribution in [-0.4, -0.2) is 44.3 Å². The Morgan fingerprint density at radius 1 is 1.17 bits per heavy atom. The average molecular weight is 353 g/mol. The van der Waals surface area contributed by atoms with Crippen LogP contribution in [0.5, 0.6) is 0 Å². The third-order valence-electron chi connectivity index (χ3n) is 3.43. The Bertz CT molecular complexity index is 758. The van der Waals surface area contributed by atoms with E-state index in [0.29, 0.717) is 30.8 Å². The van der Waals surface area contributed by atoms with Crippen molar-refractivity contribution in [2.75, 3.05) is 13.1 Å². The third kappa shape index (κ3) is 4.79. The molecule has 0 saturated carbocycles. The molecule has 0 atom stereocenters. The number of carboxylic acid groups (broad SMARTS) is 1. The normalized spacial score (nSPS) is 16.4. The summed E-state index contributed by atoms with van der Waals surface area (Å²) < 4.78 is 26.2. The first-order valence-corrected chi connectivity index (χ1v) is 9.03. The quantitative estimate of drug-likeness (QED) is 0.587. The lowest BCUT2D eigenvalue weighted by atomic mass is 10.2. The number of amidine groups is 1. The van der Waals surface area contributed by atoms with Gasteiger partial charge in [-0.05, 0) is 25.0 Å². The van der Waals surface area contributed by atoms with Crippen molar-refractivity contribution in [3.63, 3.8) is 0 Å². The summed E-state index contributed by atoms with van der Waals surface area (Å²) in [6.45, 7) is 0.0783. The summed E-state index contributed by atoms with van der Waals surface area (Å²) >= 11 is 0. The topological polar surface area (TPSA) is 125 Å². The number of carbonyl (C=O) groups excluding carboxylic acids is 1. The lowest BCUT2D eigenvalue weighted by molar-refractivity contribution is -0.137. The first-order valence-electron chi connectivity index (χ1n) is 7.55. The minimum Gasteiger partial charge on any atom is -0.480 e. The van der Waals surface area contributed by atoms with Gasteiger partial charge in [0.15, 0.2) is 0 Å². The van der Waals surface area contributed by atoms with E-state index in [0.717, 1.165) is 6.42 Å². The van der Waals surface area contributed by atoms with Crippen molar-refractivity contribution in [2.45, 2.75) is 30.6 Å². The molecule has 0 radical (unpaired) electrons. The van der Waals surface area contributed by atoms with Crippen LogP contribution in [0.15, 0.2) is 34.2 Å². The second-order valence-electron chi connectivity index (χ2n) is 5.31. The number of hydrogen-bond acceptors (Lipinski definition) is 5. The SMILES string of the molecule is O=C(O)CNC(=O)CCCCCN=C1NS(=O)(=O)c2ccccc21. The van der Waals surface area contributed by atoms with Crippen LogP contribution in [0.25, 0.3) is 0 Å². The Morgan fingerprint density at radius 3 is 2.67 bits per heavy atom. The minimum absolute atomic E-state index is 0.235. The molecule has 1 aromatic rings. The zero-order valence-electron chi connectivity index (χ0n) is 13.0. The molecule has 0 aromatic heterocycles. The summed E-state index contributed by atoms with van der Waals surface area (Å²) in [6, 6.07) is 6.66. The number of benzene rings is 1. The van der Waals surface area contributed by atoms with Gasteiger partial charge in [0.05, 0.1) is 4.90 Å². The van der Waals surface area contributed by atoms with E-state index in [1.54, 1.807) is 18.2 Å². The van der Waals surface area contributed by atoms with Gasteiger partial charge in [-0.3, -0.25) is 19.3 Å². The van der Waals surface area contributed by atoms with E-state index >= 15 is 0 Å². The van der Waals surface area contributed by atoms with Crippen molar-refractivity contribution < 1.29 is 23.1 Å². The van der Waals surface area contributed by atoms with E-state index in [-0.39, 0.29) is 23.8 Å². The van der Waals surface area contributed by atoms with Crippen molar-refractivity contribution in [3.8, 4) is 0 Å². The predicted molar refractivity (Wildman–Crippen MR) is 87.3 cm³/mol. The molecule has 1 aromatic carbocycles. The smallest absolute Gasteiger partial charge is 0.322 e. The zero-order valence-corrected chi connectivity index (χ0v) is 13.8. The number of sulfonamides is 1. The van der Waals surface area contributed by atoms with Crippen LogP contribution in [0.3, 0.4) is 0 Å². The van der Waals surface area contributed by atoms with Crippen LogP contribution in [0.1, 0.15) is 31.2 Å². The van der Waals surface area contributed by atoms with E-state index in [1.165, 1.54) is 6.07 Å². The first-order chi connectivity index (χ1) is 11.4. The molecule has 0 spiro atoms. The fraction of sp³-hybridized carbons (Fsp3) is 0.400. The van der Waals surface area contributed by atoms with Crippen molar-refractivity contribution in [1.82, 2.24) is 10.0 Å². The standard InChI is InChI=1S/C15H19N3O5S/c19-13(17-10-14(20)21)8-2-1-5-9-16-15-11-6-3-4-7-12(11)24(22,23)18-15/h3-4,6-7H,1-2,5,8-10H2,(H,16,18)(H,17,19)(H,20,21). The van der Waals surface area contributed by atoms with Gasteiger partial charge < -0.3 is 10.4 Å². The molecule has 8 nitrogen and oxygen atoms in total. The number of nitrogens with one attached hydrogen (secondary N) is 2. The molecule has 130 valence electrons. The highest BCUT2D eigenvalue weighted by Gasteiger charge is 2.29. The molecule has 0 aliphatic carbocycles. The van der Waals surface area contributed by atoms with Gasteiger partial charge in [-0.1, -0.05) is 18.6 Å². The summed E-state index contributed by atoms with van der Waals surface area (Å²) in [7, 11) is -3.51. The summed E-state index contributed by atoms with van der Waals surface area (Å²) in [5, 5.41) is 10.7. The van der Waals surface area contributed by atoms with E-state index < -0.39 is 16.0 Å². The molecule has 9 heteroatoms. The summed E-state index contributed by atoms with van der Waals surface area (Å²) in [4.78, 5) is 26.1. The molecule has 2 rings (SSSR count). The predicted octanol–water partition coefficient (Wildman–Crippen LogP) is 0.486. The maximum Gasteiger partial charge on any atom is 0.322 e. The second kappa shape index (κ2) is 7.91. The van der Waals surface area contributed by atoms with Crippen LogP contribution in [0.4, 0.5) is 0 Å². The van der Waals surface area contributed by atoms with E-state index in [1.807, 2.05) is 0 Å². The van der Waals surface area contributed by atoms with E-state index in [4.69, 9.17) is 5.11 Å². The molecular weight excluding hydrogens is 334 g/mol. The Kier molecular flexibility index (Phi) is 5.91. The van der Waals surface area contributed by atoms with Crippen molar-refractivity contribution in [1.29, 1.82) is 0 Å². The molecule has 0 unspecified atom stereocenters. The largest absolute Gasteiger partial charge is 0.480 e. The summed E-state index contributed by atoms with van der Waals surface area (Å²) in [5.41, 5.74) is 0.575. The maximum absolute atomic E-state index is 11.9. The molecule has 3 N–H and O–H groups in total. The second-order valence-corrected chi connectivity index (χ2v) is 6.96. The van der Waals surface area contributed by atoms with Crippen molar-refractivity contribution in [2.24, 2.45) is 4.99 Å². The van der Waals surface area contributed by atoms with E-state index in [2.05, 4.69) is 15.0 Å². The van der Waals surface area contributed by atoms with Crippen LogP contribution in [0.2, 0.25) is 0 Å². The van der Waals surface area contributed by atoms with Crippen LogP contribution in [-0.2, 0) is 19.6 Å². The van der Waals surface area contributed by atoms with Crippen molar-refractivity contribution in [3.05, 3.63) is 29.8 Å². The number of aliphatic carboxylic acids is 1. The number of aliphatic imine (C=N–C) groups is 1. The highest BCUT2D eigenvalue weighted by molar-refractivity contribution is 7.90. The van der Waals surface area contributed by atoms with Gasteiger partial charge in [0.1, 0.15) is 12.4 Å². The Balaban J connectivity index is 1.74. The molecule has 0 fully saturated rings. The number of rotatable bonds is 8. The Hall–Kier alpha value is -2.42. The molecule has 1 aliphatic rings. The van der Waals surface area contributed by atoms with Gasteiger partial charge >= 0.3 is 5.97 Å². The molecule has 1 heterocycles. The molecule has 0 bridgehead atoms. The number of unbranched alkanes of at least 4 members (excludes halogenated alkanes) is 2. The highest BCUT2D eigenvalue weighted by atomic mass is 32.2. The van der Waals surface area contributed by atoms with E-state index in [9.17, 15) is 18.0 Å². The van der Waals surface area contributed by atoms with Crippen LogP contribution in [0, 0.1) is 0 Å².